The average molecular weight is 537 g/mol. The molecule has 0 bridgehead atoms. The normalized spacial score (nSPS) is 10.7. The van der Waals surface area contributed by atoms with Gasteiger partial charge in [-0.15, -0.1) is 5.10 Å². The molecule has 0 unspecified atom stereocenters. The number of rotatable bonds is 8. The molecular weight excluding hydrogens is 515 g/mol. The number of aryl methyl sites for hydroxylation is 1. The molecule has 0 aliphatic carbocycles. The van der Waals surface area contributed by atoms with Crippen LogP contribution in [-0.2, 0) is 6.54 Å². The van der Waals surface area contributed by atoms with Crippen LogP contribution in [0.2, 0.25) is 10.0 Å². The number of hydrogen-bond acceptors (Lipinski definition) is 6. The Balaban J connectivity index is 1.79. The second kappa shape index (κ2) is 10.8. The molecule has 12 heteroatoms. The van der Waals surface area contributed by atoms with Crippen LogP contribution < -0.4 is 10.6 Å². The molecule has 0 saturated heterocycles. The van der Waals surface area contributed by atoms with E-state index in [1.807, 2.05) is 0 Å². The van der Waals surface area contributed by atoms with Crippen molar-refractivity contribution in [2.45, 2.75) is 13.5 Å². The molecule has 3 heterocycles. The number of carbonyl (C=O) groups is 2. The van der Waals surface area contributed by atoms with Crippen molar-refractivity contribution < 1.29 is 9.59 Å². The fourth-order valence-electron chi connectivity index (χ4n) is 3.72. The topological polar surface area (TPSA) is 120 Å². The predicted octanol–water partition coefficient (Wildman–Crippen LogP) is 4.42. The van der Waals surface area contributed by atoms with Crippen LogP contribution in [0.4, 0.5) is 5.69 Å². The van der Waals surface area contributed by atoms with Gasteiger partial charge in [-0.05, 0) is 55.0 Å². The van der Waals surface area contributed by atoms with Gasteiger partial charge in [-0.3, -0.25) is 9.59 Å². The van der Waals surface area contributed by atoms with E-state index < -0.39 is 11.8 Å². The van der Waals surface area contributed by atoms with Gasteiger partial charge in [0, 0.05) is 18.3 Å². The number of aromatic nitrogens is 6. The van der Waals surface area contributed by atoms with Gasteiger partial charge >= 0.3 is 0 Å². The minimum absolute atomic E-state index is 0.136. The minimum Gasteiger partial charge on any atom is -0.355 e. The zero-order chi connectivity index (χ0) is 26.7. The first-order valence-electron chi connectivity index (χ1n) is 11.0. The maximum absolute atomic E-state index is 13.6. The molecule has 0 aliphatic heterocycles. The van der Waals surface area contributed by atoms with E-state index in [4.69, 9.17) is 23.2 Å². The van der Waals surface area contributed by atoms with Crippen LogP contribution >= 0.6 is 23.2 Å². The van der Waals surface area contributed by atoms with E-state index in [0.717, 1.165) is 0 Å². The number of hydrogen-bond donors (Lipinski definition) is 2. The Morgan fingerprint density at radius 1 is 1.14 bits per heavy atom. The second-order valence-electron chi connectivity index (χ2n) is 7.85. The number of anilines is 1. The van der Waals surface area contributed by atoms with Crippen LogP contribution in [0.5, 0.6) is 0 Å². The average Bonchev–Trinajstić information content (AvgIpc) is 3.48. The Labute approximate surface area is 222 Å². The van der Waals surface area contributed by atoms with Crippen molar-refractivity contribution in [2.75, 3.05) is 12.4 Å². The Morgan fingerprint density at radius 3 is 2.59 bits per heavy atom. The smallest absolute Gasteiger partial charge is 0.274 e. The second-order valence-corrected chi connectivity index (χ2v) is 8.69. The molecule has 37 heavy (non-hydrogen) atoms. The first-order chi connectivity index (χ1) is 17.8. The first kappa shape index (κ1) is 25.8. The Morgan fingerprint density at radius 2 is 1.92 bits per heavy atom. The molecule has 0 aliphatic rings. The van der Waals surface area contributed by atoms with Crippen LogP contribution in [0, 0.1) is 6.92 Å². The van der Waals surface area contributed by atoms with E-state index in [9.17, 15) is 9.59 Å². The number of halogens is 2. The molecule has 10 nitrogen and oxygen atoms in total. The van der Waals surface area contributed by atoms with Crippen molar-refractivity contribution in [2.24, 2.45) is 0 Å². The monoisotopic (exact) mass is 536 g/mol. The molecule has 4 rings (SSSR count). The van der Waals surface area contributed by atoms with E-state index in [2.05, 4.69) is 44.2 Å². The lowest BCUT2D eigenvalue weighted by atomic mass is 10.1. The standard InChI is InChI=1S/C25H22Cl2N8O2/c1-5-19-20(6-2)34(33-31-19)13-16-12-21(35(32-16)23-18(27)8-7-9-29-23)25(37)30-22-14(3)10-15(26)11-17(22)24(36)28-4/h5-12H,1-2,13H2,3-4H3,(H,28,36)(H,30,37). The highest BCUT2D eigenvalue weighted by molar-refractivity contribution is 6.32. The van der Waals surface area contributed by atoms with E-state index in [0.29, 0.717) is 38.4 Å². The van der Waals surface area contributed by atoms with Crippen LogP contribution in [-0.4, -0.2) is 48.6 Å². The van der Waals surface area contributed by atoms with Crippen LogP contribution in [0.3, 0.4) is 0 Å². The highest BCUT2D eigenvalue weighted by Crippen LogP contribution is 2.27. The van der Waals surface area contributed by atoms with Crippen LogP contribution in [0.25, 0.3) is 18.0 Å². The number of amides is 2. The molecule has 3 aromatic heterocycles. The maximum atomic E-state index is 13.6. The zero-order valence-corrected chi connectivity index (χ0v) is 21.5. The summed E-state index contributed by atoms with van der Waals surface area (Å²) in [6, 6.07) is 8.04. The summed E-state index contributed by atoms with van der Waals surface area (Å²) in [6.45, 7) is 9.46. The largest absolute Gasteiger partial charge is 0.355 e. The van der Waals surface area contributed by atoms with E-state index in [1.54, 1.807) is 54.2 Å². The predicted molar refractivity (Wildman–Crippen MR) is 143 cm³/mol. The molecule has 1 aromatic carbocycles. The highest BCUT2D eigenvalue weighted by atomic mass is 35.5. The van der Waals surface area contributed by atoms with E-state index in [-0.39, 0.29) is 23.6 Å². The first-order valence-corrected chi connectivity index (χ1v) is 11.7. The van der Waals surface area contributed by atoms with Gasteiger partial charge in [0.1, 0.15) is 11.4 Å². The van der Waals surface area contributed by atoms with E-state index >= 15 is 0 Å². The molecule has 0 fully saturated rings. The highest BCUT2D eigenvalue weighted by Gasteiger charge is 2.23. The van der Waals surface area contributed by atoms with Gasteiger partial charge in [0.05, 0.1) is 34.2 Å². The van der Waals surface area contributed by atoms with Crippen molar-refractivity contribution in [3.8, 4) is 5.82 Å². The summed E-state index contributed by atoms with van der Waals surface area (Å²) in [5.74, 6) is -0.677. The quantitative estimate of drug-likeness (QED) is 0.344. The van der Waals surface area contributed by atoms with Crippen molar-refractivity contribution >= 4 is 52.9 Å². The van der Waals surface area contributed by atoms with Crippen molar-refractivity contribution in [3.05, 3.63) is 93.6 Å². The molecule has 4 aromatic rings. The molecular formula is C25H22Cl2N8O2. The van der Waals surface area contributed by atoms with Crippen molar-refractivity contribution in [1.82, 2.24) is 35.1 Å². The third-order valence-corrected chi connectivity index (χ3v) is 5.96. The number of benzene rings is 1. The van der Waals surface area contributed by atoms with Crippen LogP contribution in [0.15, 0.2) is 49.7 Å². The van der Waals surface area contributed by atoms with Gasteiger partial charge in [-0.1, -0.05) is 41.6 Å². The summed E-state index contributed by atoms with van der Waals surface area (Å²) in [4.78, 5) is 30.4. The van der Waals surface area contributed by atoms with Gasteiger partial charge in [-0.25, -0.2) is 14.3 Å². The summed E-state index contributed by atoms with van der Waals surface area (Å²) in [6.07, 6.45) is 4.73. The van der Waals surface area contributed by atoms with Crippen LogP contribution in [0.1, 0.15) is 43.5 Å². The molecule has 0 saturated carbocycles. The van der Waals surface area contributed by atoms with Gasteiger partial charge < -0.3 is 10.6 Å². The number of carbonyl (C=O) groups excluding carboxylic acids is 2. The molecule has 188 valence electrons. The lowest BCUT2D eigenvalue weighted by Gasteiger charge is -2.14. The molecule has 0 radical (unpaired) electrons. The fraction of sp³-hybridized carbons (Fsp3) is 0.120. The Kier molecular flexibility index (Phi) is 7.51. The Hall–Kier alpha value is -4.28. The molecule has 2 N–H and O–H groups in total. The van der Waals surface area contributed by atoms with Gasteiger partial charge in [0.25, 0.3) is 11.8 Å². The summed E-state index contributed by atoms with van der Waals surface area (Å²) in [5, 5.41) is 18.8. The Bertz CT molecular complexity index is 1540. The zero-order valence-electron chi connectivity index (χ0n) is 20.0. The molecule has 0 atom stereocenters. The molecule has 2 amide bonds. The summed E-state index contributed by atoms with van der Waals surface area (Å²) >= 11 is 12.5. The summed E-state index contributed by atoms with van der Waals surface area (Å²) < 4.78 is 2.93. The summed E-state index contributed by atoms with van der Waals surface area (Å²) in [5.41, 5.74) is 2.98. The third-order valence-electron chi connectivity index (χ3n) is 5.44. The lowest BCUT2D eigenvalue weighted by molar-refractivity contribution is 0.0964. The van der Waals surface area contributed by atoms with Crippen molar-refractivity contribution in [1.29, 1.82) is 0 Å². The maximum Gasteiger partial charge on any atom is 0.274 e. The van der Waals surface area contributed by atoms with Crippen molar-refractivity contribution in [3.63, 3.8) is 0 Å². The minimum atomic E-state index is -0.537. The molecule has 0 spiro atoms. The summed E-state index contributed by atoms with van der Waals surface area (Å²) in [7, 11) is 1.49. The van der Waals surface area contributed by atoms with Gasteiger partial charge in [0.2, 0.25) is 0 Å². The number of pyridine rings is 1. The number of nitrogens with one attached hydrogen (secondary N) is 2. The van der Waals surface area contributed by atoms with Gasteiger partial charge in [0.15, 0.2) is 5.82 Å². The third kappa shape index (κ3) is 5.16. The number of nitrogens with zero attached hydrogens (tertiary/aromatic N) is 6. The SMILES string of the molecule is C=Cc1nnn(Cc2cc(C(=O)Nc3c(C)cc(Cl)cc3C(=O)NC)n(-c3ncccc3Cl)n2)c1C=C. The fourth-order valence-corrected chi connectivity index (χ4v) is 4.20. The van der Waals surface area contributed by atoms with E-state index in [1.165, 1.54) is 17.8 Å². The van der Waals surface area contributed by atoms with Gasteiger partial charge in [-0.2, -0.15) is 5.10 Å². The lowest BCUT2D eigenvalue weighted by Crippen LogP contribution is -2.23.